The van der Waals surface area contributed by atoms with Crippen LogP contribution in [0.15, 0.2) is 55.9 Å². The molecule has 0 unspecified atom stereocenters. The third-order valence-corrected chi connectivity index (χ3v) is 4.52. The number of rotatable bonds is 2. The number of nitrogens with two attached hydrogens (primary N) is 1. The summed E-state index contributed by atoms with van der Waals surface area (Å²) in [6.07, 6.45) is 0. The Morgan fingerprint density at radius 1 is 0.810 bits per heavy atom. The zero-order chi connectivity index (χ0) is 15.0. The molecular weight excluding hydrogens is 462 g/mol. The fourth-order valence-corrected chi connectivity index (χ4v) is 3.73. The molecule has 0 amide bonds. The highest BCUT2D eigenvalue weighted by Gasteiger charge is 2.15. The average molecular weight is 472 g/mol. The normalized spacial score (nSPS) is 10.8. The minimum absolute atomic E-state index is 0.489. The molecule has 0 radical (unpaired) electrons. The van der Waals surface area contributed by atoms with E-state index in [-0.39, 0.29) is 0 Å². The van der Waals surface area contributed by atoms with Crippen LogP contribution in [0, 0.1) is 0 Å². The molecule has 0 bridgehead atoms. The molecule has 0 spiro atoms. The topological polar surface area (TPSA) is 54.7 Å². The molecule has 1 heterocycles. The first-order valence-electron chi connectivity index (χ1n) is 6.11. The van der Waals surface area contributed by atoms with E-state index < -0.39 is 0 Å². The number of anilines is 1. The second kappa shape index (κ2) is 5.94. The molecule has 0 saturated carbocycles. The van der Waals surface area contributed by atoms with Gasteiger partial charge in [0.25, 0.3) is 0 Å². The van der Waals surface area contributed by atoms with E-state index in [0.29, 0.717) is 5.82 Å². The van der Waals surface area contributed by atoms with Crippen molar-refractivity contribution in [1.82, 2.24) is 10.2 Å². The van der Waals surface area contributed by atoms with Crippen molar-refractivity contribution in [3.63, 3.8) is 0 Å². The second-order valence-corrected chi connectivity index (χ2v) is 7.27. The quantitative estimate of drug-likeness (QED) is 0.510. The number of nitrogens with one attached hydrogen (secondary N) is 1. The standard InChI is InChI=1S/C15H10Br3N3/c16-10-3-1-8(2-4-10)13-14(20-21-15(13)19)9-5-11(17)7-12(18)6-9/h1-7H,(H3,19,20,21). The highest BCUT2D eigenvalue weighted by molar-refractivity contribution is 9.11. The lowest BCUT2D eigenvalue weighted by Gasteiger charge is -2.06. The molecule has 21 heavy (non-hydrogen) atoms. The fourth-order valence-electron chi connectivity index (χ4n) is 2.17. The lowest BCUT2D eigenvalue weighted by atomic mass is 10.0. The Kier molecular flexibility index (Phi) is 4.19. The number of nitrogen functional groups attached to an aromatic ring is 1. The van der Waals surface area contributed by atoms with E-state index in [4.69, 9.17) is 5.73 Å². The van der Waals surface area contributed by atoms with Gasteiger partial charge in [0.15, 0.2) is 5.82 Å². The highest BCUT2D eigenvalue weighted by Crippen LogP contribution is 2.37. The monoisotopic (exact) mass is 469 g/mol. The number of hydrogen-bond donors (Lipinski definition) is 2. The van der Waals surface area contributed by atoms with Gasteiger partial charge in [-0.2, -0.15) is 5.10 Å². The van der Waals surface area contributed by atoms with Crippen molar-refractivity contribution in [3.8, 4) is 22.4 Å². The van der Waals surface area contributed by atoms with Crippen LogP contribution < -0.4 is 5.73 Å². The van der Waals surface area contributed by atoms with Crippen molar-refractivity contribution in [1.29, 1.82) is 0 Å². The SMILES string of the molecule is Nc1n[nH]c(-c2cc(Br)cc(Br)c2)c1-c1ccc(Br)cc1. The van der Waals surface area contributed by atoms with Crippen molar-refractivity contribution in [3.05, 3.63) is 55.9 Å². The van der Waals surface area contributed by atoms with Crippen molar-refractivity contribution >= 4 is 53.6 Å². The number of hydrogen-bond acceptors (Lipinski definition) is 2. The molecule has 0 aliphatic carbocycles. The number of aromatic amines is 1. The summed E-state index contributed by atoms with van der Waals surface area (Å²) in [6.45, 7) is 0. The maximum atomic E-state index is 6.05. The summed E-state index contributed by atoms with van der Waals surface area (Å²) in [6, 6.07) is 14.1. The van der Waals surface area contributed by atoms with E-state index in [2.05, 4.69) is 58.0 Å². The third-order valence-electron chi connectivity index (χ3n) is 3.08. The Morgan fingerprint density at radius 2 is 1.43 bits per heavy atom. The van der Waals surface area contributed by atoms with Gasteiger partial charge in [-0.3, -0.25) is 5.10 Å². The summed E-state index contributed by atoms with van der Waals surface area (Å²) in [4.78, 5) is 0. The minimum Gasteiger partial charge on any atom is -0.382 e. The van der Waals surface area contributed by atoms with Crippen LogP contribution in [-0.4, -0.2) is 10.2 Å². The number of H-pyrrole nitrogens is 1. The minimum atomic E-state index is 0.489. The van der Waals surface area contributed by atoms with E-state index in [1.807, 2.05) is 42.5 Å². The summed E-state index contributed by atoms with van der Waals surface area (Å²) < 4.78 is 3.00. The van der Waals surface area contributed by atoms with E-state index >= 15 is 0 Å². The molecule has 3 nitrogen and oxygen atoms in total. The Labute approximate surface area is 147 Å². The van der Waals surface area contributed by atoms with Gasteiger partial charge in [0.2, 0.25) is 0 Å². The summed E-state index contributed by atoms with van der Waals surface area (Å²) >= 11 is 10.5. The van der Waals surface area contributed by atoms with Crippen molar-refractivity contribution in [2.24, 2.45) is 0 Å². The molecule has 0 aliphatic rings. The maximum Gasteiger partial charge on any atom is 0.153 e. The van der Waals surface area contributed by atoms with Gasteiger partial charge in [-0.15, -0.1) is 0 Å². The van der Waals surface area contributed by atoms with Crippen LogP contribution in [-0.2, 0) is 0 Å². The number of nitrogens with zero attached hydrogens (tertiary/aromatic N) is 1. The summed E-state index contributed by atoms with van der Waals surface area (Å²) in [5.74, 6) is 0.489. The molecule has 3 N–H and O–H groups in total. The molecule has 0 fully saturated rings. The van der Waals surface area contributed by atoms with Crippen LogP contribution in [0.5, 0.6) is 0 Å². The molecule has 0 atom stereocenters. The van der Waals surface area contributed by atoms with Crippen LogP contribution >= 0.6 is 47.8 Å². The van der Waals surface area contributed by atoms with Crippen molar-refractivity contribution in [2.45, 2.75) is 0 Å². The van der Waals surface area contributed by atoms with Crippen LogP contribution in [0.3, 0.4) is 0 Å². The molecule has 3 aromatic rings. The number of benzene rings is 2. The van der Waals surface area contributed by atoms with Gasteiger partial charge >= 0.3 is 0 Å². The first-order chi connectivity index (χ1) is 10.0. The molecule has 2 aromatic carbocycles. The largest absolute Gasteiger partial charge is 0.382 e. The van der Waals surface area contributed by atoms with Gasteiger partial charge in [-0.25, -0.2) is 0 Å². The third kappa shape index (κ3) is 3.07. The molecule has 0 aliphatic heterocycles. The lowest BCUT2D eigenvalue weighted by molar-refractivity contribution is 1.10. The maximum absolute atomic E-state index is 6.05. The number of aromatic nitrogens is 2. The van der Waals surface area contributed by atoms with E-state index in [0.717, 1.165) is 35.8 Å². The first kappa shape index (κ1) is 14.8. The molecule has 0 saturated heterocycles. The van der Waals surface area contributed by atoms with Crippen LogP contribution in [0.2, 0.25) is 0 Å². The summed E-state index contributed by atoms with van der Waals surface area (Å²) in [5.41, 5.74) is 9.89. The van der Waals surface area contributed by atoms with Crippen LogP contribution in [0.4, 0.5) is 5.82 Å². The predicted molar refractivity (Wildman–Crippen MR) is 97.0 cm³/mol. The Morgan fingerprint density at radius 3 is 2.05 bits per heavy atom. The van der Waals surface area contributed by atoms with Gasteiger partial charge in [-0.1, -0.05) is 59.9 Å². The zero-order valence-corrected chi connectivity index (χ0v) is 15.5. The average Bonchev–Trinajstić information content (AvgIpc) is 2.80. The second-order valence-electron chi connectivity index (χ2n) is 4.52. The van der Waals surface area contributed by atoms with Crippen LogP contribution in [0.1, 0.15) is 0 Å². The first-order valence-corrected chi connectivity index (χ1v) is 8.49. The molecular formula is C15H10Br3N3. The van der Waals surface area contributed by atoms with E-state index in [1.165, 1.54) is 0 Å². The number of halogens is 3. The Bertz CT molecular complexity index is 774. The summed E-state index contributed by atoms with van der Waals surface area (Å²) in [5, 5.41) is 7.19. The van der Waals surface area contributed by atoms with Gasteiger partial charge in [0, 0.05) is 19.0 Å². The summed E-state index contributed by atoms with van der Waals surface area (Å²) in [7, 11) is 0. The zero-order valence-electron chi connectivity index (χ0n) is 10.7. The molecule has 1 aromatic heterocycles. The Balaban J connectivity index is 2.19. The molecule has 3 rings (SSSR count). The van der Waals surface area contributed by atoms with Gasteiger partial charge in [0.05, 0.1) is 11.3 Å². The van der Waals surface area contributed by atoms with Crippen molar-refractivity contribution < 1.29 is 0 Å². The molecule has 106 valence electrons. The van der Waals surface area contributed by atoms with E-state index in [1.54, 1.807) is 0 Å². The van der Waals surface area contributed by atoms with Gasteiger partial charge < -0.3 is 5.73 Å². The lowest BCUT2D eigenvalue weighted by Crippen LogP contribution is -1.89. The van der Waals surface area contributed by atoms with Crippen molar-refractivity contribution in [2.75, 3.05) is 5.73 Å². The molecule has 6 heteroatoms. The highest BCUT2D eigenvalue weighted by atomic mass is 79.9. The van der Waals surface area contributed by atoms with Crippen LogP contribution in [0.25, 0.3) is 22.4 Å². The predicted octanol–water partition coefficient (Wildman–Crippen LogP) is 5.61. The smallest absolute Gasteiger partial charge is 0.153 e. The van der Waals surface area contributed by atoms with Gasteiger partial charge in [0.1, 0.15) is 0 Å². The fraction of sp³-hybridized carbons (Fsp3) is 0. The Hall–Kier alpha value is -1.11. The van der Waals surface area contributed by atoms with E-state index in [9.17, 15) is 0 Å². The van der Waals surface area contributed by atoms with Gasteiger partial charge in [-0.05, 0) is 35.9 Å².